The number of benzene rings is 2. The largest absolute Gasteiger partial charge is 0.504 e. The number of aliphatic hydroxyl groups is 1. The number of hydrogen-bond donors (Lipinski definition) is 2. The SMILES string of the molecule is COc1cc(/C=C/c2ccc(OC)c(O)c2)cc(CO)c1. The van der Waals surface area contributed by atoms with Gasteiger partial charge in [-0.05, 0) is 47.0 Å². The maximum absolute atomic E-state index is 9.74. The van der Waals surface area contributed by atoms with E-state index in [0.29, 0.717) is 11.5 Å². The Morgan fingerprint density at radius 3 is 2.33 bits per heavy atom. The maximum atomic E-state index is 9.74. The molecule has 21 heavy (non-hydrogen) atoms. The average molecular weight is 286 g/mol. The fourth-order valence-electron chi connectivity index (χ4n) is 1.99. The highest BCUT2D eigenvalue weighted by molar-refractivity contribution is 5.71. The maximum Gasteiger partial charge on any atom is 0.160 e. The van der Waals surface area contributed by atoms with E-state index in [0.717, 1.165) is 16.7 Å². The molecule has 0 fully saturated rings. The summed E-state index contributed by atoms with van der Waals surface area (Å²) >= 11 is 0. The lowest BCUT2D eigenvalue weighted by Gasteiger charge is -2.05. The van der Waals surface area contributed by atoms with Crippen molar-refractivity contribution in [3.8, 4) is 17.2 Å². The molecule has 0 aromatic heterocycles. The van der Waals surface area contributed by atoms with Crippen molar-refractivity contribution in [1.29, 1.82) is 0 Å². The molecule has 0 saturated carbocycles. The fraction of sp³-hybridized carbons (Fsp3) is 0.176. The Hall–Kier alpha value is -2.46. The highest BCUT2D eigenvalue weighted by atomic mass is 16.5. The number of aromatic hydroxyl groups is 1. The van der Waals surface area contributed by atoms with Gasteiger partial charge in [0.15, 0.2) is 11.5 Å². The van der Waals surface area contributed by atoms with E-state index in [9.17, 15) is 10.2 Å². The van der Waals surface area contributed by atoms with Gasteiger partial charge in [0.2, 0.25) is 0 Å². The second kappa shape index (κ2) is 6.81. The Balaban J connectivity index is 2.26. The van der Waals surface area contributed by atoms with Crippen LogP contribution in [-0.2, 0) is 6.61 Å². The fourth-order valence-corrected chi connectivity index (χ4v) is 1.99. The zero-order valence-electron chi connectivity index (χ0n) is 12.0. The van der Waals surface area contributed by atoms with Crippen LogP contribution in [0.2, 0.25) is 0 Å². The summed E-state index contributed by atoms with van der Waals surface area (Å²) in [7, 11) is 3.10. The van der Waals surface area contributed by atoms with E-state index in [-0.39, 0.29) is 12.4 Å². The Kier molecular flexibility index (Phi) is 4.85. The molecule has 0 heterocycles. The second-order valence-electron chi connectivity index (χ2n) is 4.54. The minimum atomic E-state index is -0.0403. The molecule has 0 saturated heterocycles. The van der Waals surface area contributed by atoms with Crippen LogP contribution >= 0.6 is 0 Å². The summed E-state index contributed by atoms with van der Waals surface area (Å²) in [5, 5.41) is 19.0. The molecule has 2 N–H and O–H groups in total. The van der Waals surface area contributed by atoms with Gasteiger partial charge in [-0.25, -0.2) is 0 Å². The molecule has 0 amide bonds. The van der Waals surface area contributed by atoms with Gasteiger partial charge < -0.3 is 19.7 Å². The van der Waals surface area contributed by atoms with Crippen molar-refractivity contribution >= 4 is 12.2 Å². The average Bonchev–Trinajstić information content (AvgIpc) is 2.52. The van der Waals surface area contributed by atoms with Crippen LogP contribution < -0.4 is 9.47 Å². The summed E-state index contributed by atoms with van der Waals surface area (Å²) in [6.45, 7) is -0.0403. The normalized spacial score (nSPS) is 10.8. The molecule has 0 bridgehead atoms. The Bertz CT molecular complexity index is 625. The summed E-state index contributed by atoms with van der Waals surface area (Å²) in [4.78, 5) is 0. The Morgan fingerprint density at radius 1 is 0.952 bits per heavy atom. The molecular weight excluding hydrogens is 268 g/mol. The van der Waals surface area contributed by atoms with E-state index in [1.807, 2.05) is 30.4 Å². The van der Waals surface area contributed by atoms with Crippen LogP contribution in [-0.4, -0.2) is 24.4 Å². The first-order valence-electron chi connectivity index (χ1n) is 6.50. The van der Waals surface area contributed by atoms with Crippen LogP contribution in [0.25, 0.3) is 12.2 Å². The summed E-state index contributed by atoms with van der Waals surface area (Å²) in [5.74, 6) is 1.23. The third-order valence-electron chi connectivity index (χ3n) is 3.08. The van der Waals surface area contributed by atoms with Gasteiger partial charge in [-0.15, -0.1) is 0 Å². The molecule has 2 rings (SSSR count). The van der Waals surface area contributed by atoms with Crippen LogP contribution in [0.1, 0.15) is 16.7 Å². The number of ether oxygens (including phenoxy) is 2. The molecule has 0 atom stereocenters. The first kappa shape index (κ1) is 14.9. The molecule has 0 aliphatic carbocycles. The molecule has 4 nitrogen and oxygen atoms in total. The zero-order chi connectivity index (χ0) is 15.2. The number of aliphatic hydroxyl groups excluding tert-OH is 1. The van der Waals surface area contributed by atoms with Crippen molar-refractivity contribution in [2.45, 2.75) is 6.61 Å². The van der Waals surface area contributed by atoms with Crippen molar-refractivity contribution in [2.24, 2.45) is 0 Å². The number of phenols is 1. The first-order valence-corrected chi connectivity index (χ1v) is 6.50. The summed E-state index contributed by atoms with van der Waals surface area (Å²) in [6, 6.07) is 10.7. The summed E-state index contributed by atoms with van der Waals surface area (Å²) < 4.78 is 10.2. The Labute approximate surface area is 123 Å². The van der Waals surface area contributed by atoms with Gasteiger partial charge in [0.1, 0.15) is 5.75 Å². The number of phenolic OH excluding ortho intramolecular Hbond substituents is 1. The van der Waals surface area contributed by atoms with Crippen LogP contribution in [0, 0.1) is 0 Å². The van der Waals surface area contributed by atoms with Crippen molar-refractivity contribution in [2.75, 3.05) is 14.2 Å². The summed E-state index contributed by atoms with van der Waals surface area (Å²) in [6.07, 6.45) is 3.76. The van der Waals surface area contributed by atoms with Gasteiger partial charge in [-0.1, -0.05) is 18.2 Å². The van der Waals surface area contributed by atoms with Gasteiger partial charge in [-0.2, -0.15) is 0 Å². The predicted octanol–water partition coefficient (Wildman–Crippen LogP) is 3.07. The molecule has 0 aliphatic rings. The monoisotopic (exact) mass is 286 g/mol. The van der Waals surface area contributed by atoms with E-state index in [2.05, 4.69) is 0 Å². The van der Waals surface area contributed by atoms with E-state index in [1.54, 1.807) is 25.3 Å². The number of hydrogen-bond acceptors (Lipinski definition) is 4. The first-order chi connectivity index (χ1) is 10.2. The lowest BCUT2D eigenvalue weighted by atomic mass is 10.1. The number of methoxy groups -OCH3 is 2. The zero-order valence-corrected chi connectivity index (χ0v) is 12.0. The quantitative estimate of drug-likeness (QED) is 0.829. The van der Waals surface area contributed by atoms with Crippen molar-refractivity contribution in [3.63, 3.8) is 0 Å². The van der Waals surface area contributed by atoms with Crippen LogP contribution in [0.5, 0.6) is 17.2 Å². The van der Waals surface area contributed by atoms with Gasteiger partial charge >= 0.3 is 0 Å². The highest BCUT2D eigenvalue weighted by Crippen LogP contribution is 2.27. The van der Waals surface area contributed by atoms with Crippen molar-refractivity contribution in [3.05, 3.63) is 53.1 Å². The second-order valence-corrected chi connectivity index (χ2v) is 4.54. The minimum Gasteiger partial charge on any atom is -0.504 e. The molecule has 4 heteroatoms. The third kappa shape index (κ3) is 3.77. The molecule has 0 aliphatic heterocycles. The highest BCUT2D eigenvalue weighted by Gasteiger charge is 2.01. The lowest BCUT2D eigenvalue weighted by Crippen LogP contribution is -1.89. The molecule has 0 spiro atoms. The van der Waals surface area contributed by atoms with Gasteiger partial charge in [-0.3, -0.25) is 0 Å². The third-order valence-corrected chi connectivity index (χ3v) is 3.08. The molecule has 0 radical (unpaired) electrons. The lowest BCUT2D eigenvalue weighted by molar-refractivity contribution is 0.281. The van der Waals surface area contributed by atoms with E-state index >= 15 is 0 Å². The van der Waals surface area contributed by atoms with E-state index in [4.69, 9.17) is 9.47 Å². The standard InChI is InChI=1S/C17H18O4/c1-20-15-8-13(7-14(9-15)11-18)4-3-12-5-6-17(21-2)16(19)10-12/h3-10,18-19H,11H2,1-2H3/b4-3+. The topological polar surface area (TPSA) is 58.9 Å². The van der Waals surface area contributed by atoms with Crippen LogP contribution in [0.3, 0.4) is 0 Å². The van der Waals surface area contributed by atoms with Gasteiger partial charge in [0.25, 0.3) is 0 Å². The molecule has 110 valence electrons. The van der Waals surface area contributed by atoms with Gasteiger partial charge in [0.05, 0.1) is 20.8 Å². The molecule has 2 aromatic rings. The number of rotatable bonds is 5. The van der Waals surface area contributed by atoms with Crippen molar-refractivity contribution < 1.29 is 19.7 Å². The van der Waals surface area contributed by atoms with E-state index < -0.39 is 0 Å². The molecule has 2 aromatic carbocycles. The smallest absolute Gasteiger partial charge is 0.160 e. The van der Waals surface area contributed by atoms with Crippen LogP contribution in [0.15, 0.2) is 36.4 Å². The molecular formula is C17H18O4. The van der Waals surface area contributed by atoms with Crippen molar-refractivity contribution in [1.82, 2.24) is 0 Å². The van der Waals surface area contributed by atoms with E-state index in [1.165, 1.54) is 7.11 Å². The predicted molar refractivity (Wildman–Crippen MR) is 82.5 cm³/mol. The molecule has 0 unspecified atom stereocenters. The van der Waals surface area contributed by atoms with Gasteiger partial charge in [0, 0.05) is 0 Å². The minimum absolute atomic E-state index is 0.0403. The summed E-state index contributed by atoms with van der Waals surface area (Å²) in [5.41, 5.74) is 2.54. The van der Waals surface area contributed by atoms with Crippen LogP contribution in [0.4, 0.5) is 0 Å². The Morgan fingerprint density at radius 2 is 1.71 bits per heavy atom.